The number of carbonyl (C=O) groups is 3. The number of hydrogen-bond acceptors (Lipinski definition) is 4. The predicted octanol–water partition coefficient (Wildman–Crippen LogP) is 2.90. The number of carboxylic acid groups (broad SMARTS) is 1. The third-order valence-electron chi connectivity index (χ3n) is 4.38. The van der Waals surface area contributed by atoms with Gasteiger partial charge in [0.2, 0.25) is 11.8 Å². The van der Waals surface area contributed by atoms with Crippen molar-refractivity contribution in [1.82, 2.24) is 4.90 Å². The van der Waals surface area contributed by atoms with Crippen LogP contribution in [0, 0.1) is 5.41 Å². The summed E-state index contributed by atoms with van der Waals surface area (Å²) in [5.41, 5.74) is 0.972. The molecule has 0 aliphatic carbocycles. The molecule has 1 atom stereocenters. The average Bonchev–Trinajstić information content (AvgIpc) is 3.03. The minimum Gasteiger partial charge on any atom is -0.478 e. The first kappa shape index (κ1) is 20.9. The highest BCUT2D eigenvalue weighted by Crippen LogP contribution is 2.26. The Bertz CT molecular complexity index is 724. The number of rotatable bonds is 6. The van der Waals surface area contributed by atoms with Crippen molar-refractivity contribution in [3.05, 3.63) is 29.3 Å². The van der Waals surface area contributed by atoms with E-state index in [0.717, 1.165) is 6.42 Å². The van der Waals surface area contributed by atoms with Crippen LogP contribution in [0.1, 0.15) is 56.0 Å². The lowest BCUT2D eigenvalue weighted by atomic mass is 9.91. The second kappa shape index (κ2) is 8.52. The maximum Gasteiger partial charge on any atom is 0.335 e. The van der Waals surface area contributed by atoms with Crippen LogP contribution in [0.15, 0.2) is 18.2 Å². The van der Waals surface area contributed by atoms with E-state index in [1.54, 1.807) is 11.0 Å². The lowest BCUT2D eigenvalue weighted by Crippen LogP contribution is -2.44. The molecule has 1 heterocycles. The maximum absolute atomic E-state index is 12.8. The second-order valence-electron chi connectivity index (χ2n) is 8.13. The molecule has 27 heavy (non-hydrogen) atoms. The Balaban J connectivity index is 2.15. The first-order valence-corrected chi connectivity index (χ1v) is 9.07. The highest BCUT2D eigenvalue weighted by atomic mass is 16.5. The number of aromatic carboxylic acids is 1. The number of benzene rings is 1. The minimum atomic E-state index is -1.08. The molecule has 148 valence electrons. The van der Waals surface area contributed by atoms with Crippen molar-refractivity contribution in [3.8, 4) is 0 Å². The van der Waals surface area contributed by atoms with Crippen LogP contribution in [0.5, 0.6) is 0 Å². The summed E-state index contributed by atoms with van der Waals surface area (Å²) in [6.45, 7) is 6.78. The van der Waals surface area contributed by atoms with E-state index in [4.69, 9.17) is 4.74 Å². The molecule has 0 spiro atoms. The van der Waals surface area contributed by atoms with E-state index < -0.39 is 12.0 Å². The number of amides is 2. The molecular formula is C20H28N2O5. The fraction of sp³-hybridized carbons (Fsp3) is 0.550. The Kier molecular flexibility index (Phi) is 6.59. The molecule has 1 aromatic rings. The number of methoxy groups -OCH3 is 1. The summed E-state index contributed by atoms with van der Waals surface area (Å²) in [4.78, 5) is 38.3. The molecule has 1 aromatic carbocycles. The topological polar surface area (TPSA) is 95.9 Å². The monoisotopic (exact) mass is 376 g/mol. The number of nitrogens with zero attached hydrogens (tertiary/aromatic N) is 1. The van der Waals surface area contributed by atoms with Gasteiger partial charge in [-0.2, -0.15) is 0 Å². The molecule has 7 nitrogen and oxygen atoms in total. The van der Waals surface area contributed by atoms with Gasteiger partial charge in [0, 0.05) is 25.8 Å². The van der Waals surface area contributed by atoms with Gasteiger partial charge < -0.3 is 20.1 Å². The van der Waals surface area contributed by atoms with Gasteiger partial charge in [-0.1, -0.05) is 20.8 Å². The van der Waals surface area contributed by atoms with Gasteiger partial charge in [-0.15, -0.1) is 0 Å². The molecular weight excluding hydrogens is 348 g/mol. The van der Waals surface area contributed by atoms with E-state index in [9.17, 15) is 19.5 Å². The minimum absolute atomic E-state index is 0.0282. The van der Waals surface area contributed by atoms with Gasteiger partial charge in [0.05, 0.1) is 12.2 Å². The van der Waals surface area contributed by atoms with E-state index in [0.29, 0.717) is 30.6 Å². The molecule has 1 aliphatic heterocycles. The number of carbonyl (C=O) groups excluding carboxylic acids is 2. The maximum atomic E-state index is 12.8. The fourth-order valence-electron chi connectivity index (χ4n) is 3.26. The van der Waals surface area contributed by atoms with Gasteiger partial charge in [0.1, 0.15) is 6.04 Å². The summed E-state index contributed by atoms with van der Waals surface area (Å²) in [6, 6.07) is 4.08. The van der Waals surface area contributed by atoms with Crippen molar-refractivity contribution in [3.63, 3.8) is 0 Å². The number of ether oxygens (including phenoxy) is 1. The number of likely N-dealkylation sites (tertiary alicyclic amines) is 1. The van der Waals surface area contributed by atoms with Crippen molar-refractivity contribution < 1.29 is 24.2 Å². The zero-order chi connectivity index (χ0) is 20.2. The van der Waals surface area contributed by atoms with Gasteiger partial charge in [0.15, 0.2) is 0 Å². The Morgan fingerprint density at radius 1 is 1.26 bits per heavy atom. The highest BCUT2D eigenvalue weighted by molar-refractivity contribution is 5.99. The van der Waals surface area contributed by atoms with Crippen molar-refractivity contribution in [2.45, 2.75) is 52.7 Å². The standard InChI is InChI=1S/C20H28N2O5/c1-20(2,3)11-17(23)22-7-5-6-16(22)18(24)21-15-9-13(12-27-4)8-14(10-15)19(25)26/h8-10,16H,5-7,11-12H2,1-4H3,(H,21,24)(H,25,26). The van der Waals surface area contributed by atoms with Crippen molar-refractivity contribution in [2.24, 2.45) is 5.41 Å². The number of nitrogens with one attached hydrogen (secondary N) is 1. The summed E-state index contributed by atoms with van der Waals surface area (Å²) in [5, 5.41) is 12.0. The first-order chi connectivity index (χ1) is 12.6. The molecule has 0 radical (unpaired) electrons. The molecule has 1 unspecified atom stereocenters. The van der Waals surface area contributed by atoms with E-state index in [1.165, 1.54) is 19.2 Å². The second-order valence-corrected chi connectivity index (χ2v) is 8.13. The smallest absolute Gasteiger partial charge is 0.335 e. The van der Waals surface area contributed by atoms with E-state index in [2.05, 4.69) is 5.32 Å². The van der Waals surface area contributed by atoms with E-state index in [1.807, 2.05) is 20.8 Å². The van der Waals surface area contributed by atoms with Crippen LogP contribution in [0.2, 0.25) is 0 Å². The predicted molar refractivity (Wildman–Crippen MR) is 102 cm³/mol. The molecule has 0 saturated carbocycles. The van der Waals surface area contributed by atoms with Gasteiger partial charge in [-0.05, 0) is 42.0 Å². The summed E-state index contributed by atoms with van der Waals surface area (Å²) < 4.78 is 5.06. The molecule has 2 rings (SSSR count). The Hall–Kier alpha value is -2.41. The Morgan fingerprint density at radius 3 is 2.56 bits per heavy atom. The average molecular weight is 376 g/mol. The van der Waals surface area contributed by atoms with Crippen molar-refractivity contribution in [1.29, 1.82) is 0 Å². The van der Waals surface area contributed by atoms with Crippen LogP contribution in [0.3, 0.4) is 0 Å². The normalized spacial score (nSPS) is 17.0. The summed E-state index contributed by atoms with van der Waals surface area (Å²) in [7, 11) is 1.52. The van der Waals surface area contributed by atoms with E-state index in [-0.39, 0.29) is 29.4 Å². The van der Waals surface area contributed by atoms with Gasteiger partial charge in [-0.3, -0.25) is 9.59 Å². The van der Waals surface area contributed by atoms with Crippen LogP contribution in [-0.4, -0.2) is 47.5 Å². The molecule has 7 heteroatoms. The number of anilines is 1. The Labute approximate surface area is 159 Å². The zero-order valence-electron chi connectivity index (χ0n) is 16.4. The van der Waals surface area contributed by atoms with Crippen molar-refractivity contribution >= 4 is 23.5 Å². The molecule has 2 amide bonds. The quantitative estimate of drug-likeness (QED) is 0.796. The summed E-state index contributed by atoms with van der Waals surface area (Å²) in [5.74, 6) is -1.40. The van der Waals surface area contributed by atoms with E-state index >= 15 is 0 Å². The zero-order valence-corrected chi connectivity index (χ0v) is 16.4. The van der Waals surface area contributed by atoms with Gasteiger partial charge >= 0.3 is 5.97 Å². The third-order valence-corrected chi connectivity index (χ3v) is 4.38. The number of carboxylic acids is 1. The summed E-state index contributed by atoms with van der Waals surface area (Å²) >= 11 is 0. The molecule has 2 N–H and O–H groups in total. The molecule has 1 aliphatic rings. The largest absolute Gasteiger partial charge is 0.478 e. The van der Waals surface area contributed by atoms with Crippen LogP contribution < -0.4 is 5.32 Å². The van der Waals surface area contributed by atoms with Crippen LogP contribution >= 0.6 is 0 Å². The molecule has 1 saturated heterocycles. The third kappa shape index (κ3) is 5.79. The van der Waals surface area contributed by atoms with Gasteiger partial charge in [0.25, 0.3) is 0 Å². The van der Waals surface area contributed by atoms with Crippen LogP contribution in [-0.2, 0) is 20.9 Å². The number of hydrogen-bond donors (Lipinski definition) is 2. The Morgan fingerprint density at radius 2 is 1.96 bits per heavy atom. The van der Waals surface area contributed by atoms with Gasteiger partial charge in [-0.25, -0.2) is 4.79 Å². The molecule has 0 bridgehead atoms. The van der Waals surface area contributed by atoms with Crippen LogP contribution in [0.4, 0.5) is 5.69 Å². The van der Waals surface area contributed by atoms with Crippen molar-refractivity contribution in [2.75, 3.05) is 19.0 Å². The van der Waals surface area contributed by atoms with Crippen LogP contribution in [0.25, 0.3) is 0 Å². The molecule has 1 fully saturated rings. The molecule has 0 aromatic heterocycles. The SMILES string of the molecule is COCc1cc(NC(=O)C2CCCN2C(=O)CC(C)(C)C)cc(C(=O)O)c1. The summed E-state index contributed by atoms with van der Waals surface area (Å²) in [6.07, 6.45) is 1.76. The lowest BCUT2D eigenvalue weighted by Gasteiger charge is -2.27. The fourth-order valence-corrected chi connectivity index (χ4v) is 3.26. The first-order valence-electron chi connectivity index (χ1n) is 9.07. The highest BCUT2D eigenvalue weighted by Gasteiger charge is 2.35. The lowest BCUT2D eigenvalue weighted by molar-refractivity contribution is -0.138.